The number of carbonyl (C=O) groups is 1. The molecule has 4 nitrogen and oxygen atoms in total. The van der Waals surface area contributed by atoms with E-state index in [1.807, 2.05) is 6.92 Å². The Hall–Kier alpha value is -0.170. The van der Waals surface area contributed by atoms with Crippen molar-refractivity contribution in [2.45, 2.75) is 26.1 Å². The fraction of sp³-hybridized carbons (Fsp3) is 0.818. The number of thiocarbonyl (C=S) groups is 1. The Morgan fingerprint density at radius 2 is 2.18 bits per heavy atom. The first-order valence-electron chi connectivity index (χ1n) is 5.69. The van der Waals surface area contributed by atoms with Gasteiger partial charge in [-0.1, -0.05) is 37.3 Å². The molecule has 1 saturated heterocycles. The van der Waals surface area contributed by atoms with E-state index in [1.165, 1.54) is 0 Å². The zero-order chi connectivity index (χ0) is 12.8. The van der Waals surface area contributed by atoms with E-state index < -0.39 is 6.29 Å². The van der Waals surface area contributed by atoms with E-state index in [1.54, 1.807) is 30.9 Å². The zero-order valence-electron chi connectivity index (χ0n) is 10.5. The van der Waals surface area contributed by atoms with Crippen LogP contribution in [-0.4, -0.2) is 47.9 Å². The van der Waals surface area contributed by atoms with Crippen molar-refractivity contribution in [3.63, 3.8) is 0 Å². The summed E-state index contributed by atoms with van der Waals surface area (Å²) < 4.78 is 11.1. The summed E-state index contributed by atoms with van der Waals surface area (Å²) in [5.41, 5.74) is 0. The molecule has 1 aliphatic heterocycles. The molecule has 1 heterocycles. The second-order valence-corrected chi connectivity index (χ2v) is 5.57. The lowest BCUT2D eigenvalue weighted by atomic mass is 10.0. The number of methoxy groups -OCH3 is 2. The van der Waals surface area contributed by atoms with Gasteiger partial charge in [0, 0.05) is 26.5 Å². The predicted molar refractivity (Wildman–Crippen MR) is 73.0 cm³/mol. The van der Waals surface area contributed by atoms with Gasteiger partial charge in [-0.25, -0.2) is 0 Å². The van der Waals surface area contributed by atoms with E-state index in [4.69, 9.17) is 21.7 Å². The molecule has 6 heteroatoms. The second kappa shape index (κ2) is 7.31. The Balaban J connectivity index is 2.75. The summed E-state index contributed by atoms with van der Waals surface area (Å²) in [6.07, 6.45) is 1.17. The number of amides is 1. The van der Waals surface area contributed by atoms with Gasteiger partial charge in [0.05, 0.1) is 5.92 Å². The highest BCUT2D eigenvalue weighted by molar-refractivity contribution is 8.23. The summed E-state index contributed by atoms with van der Waals surface area (Å²) in [5.74, 6) is 0.635. The summed E-state index contributed by atoms with van der Waals surface area (Å²) in [6, 6.07) is 0. The molecule has 1 fully saturated rings. The number of hydrogen-bond donors (Lipinski definition) is 0. The molecule has 0 aliphatic carbocycles. The molecule has 0 radical (unpaired) electrons. The molecule has 0 spiro atoms. The van der Waals surface area contributed by atoms with Crippen LogP contribution >= 0.6 is 24.0 Å². The minimum Gasteiger partial charge on any atom is -0.355 e. The van der Waals surface area contributed by atoms with Crippen molar-refractivity contribution >= 4 is 34.2 Å². The van der Waals surface area contributed by atoms with E-state index in [0.29, 0.717) is 10.9 Å². The predicted octanol–water partition coefficient (Wildman–Crippen LogP) is 1.88. The summed E-state index contributed by atoms with van der Waals surface area (Å²) in [5, 5.41) is 0. The minimum atomic E-state index is -0.490. The summed E-state index contributed by atoms with van der Waals surface area (Å²) in [4.78, 5) is 14.0. The maximum atomic E-state index is 12.4. The van der Waals surface area contributed by atoms with Crippen molar-refractivity contribution in [1.82, 2.24) is 4.90 Å². The van der Waals surface area contributed by atoms with Gasteiger partial charge in [0.25, 0.3) is 0 Å². The SMILES string of the molecule is CCC[C@@H](C(=O)N1CCSC1=S)C(OC)OC. The molecule has 0 aromatic carbocycles. The van der Waals surface area contributed by atoms with Gasteiger partial charge in [-0.3, -0.25) is 9.69 Å². The number of carbonyl (C=O) groups excluding carboxylic acids is 1. The first-order valence-corrected chi connectivity index (χ1v) is 7.08. The number of ether oxygens (including phenoxy) is 2. The molecular weight excluding hydrogens is 258 g/mol. The third-order valence-electron chi connectivity index (χ3n) is 2.74. The lowest BCUT2D eigenvalue weighted by molar-refractivity contribution is -0.164. The maximum Gasteiger partial charge on any atom is 0.236 e. The van der Waals surface area contributed by atoms with Crippen LogP contribution in [0.4, 0.5) is 0 Å². The zero-order valence-corrected chi connectivity index (χ0v) is 12.1. The fourth-order valence-electron chi connectivity index (χ4n) is 1.91. The molecule has 1 aliphatic rings. The van der Waals surface area contributed by atoms with Crippen LogP contribution in [0.2, 0.25) is 0 Å². The largest absolute Gasteiger partial charge is 0.355 e. The van der Waals surface area contributed by atoms with Crippen molar-refractivity contribution in [2.24, 2.45) is 5.92 Å². The molecule has 1 atom stereocenters. The molecule has 0 aromatic heterocycles. The molecule has 0 bridgehead atoms. The maximum absolute atomic E-state index is 12.4. The highest BCUT2D eigenvalue weighted by Gasteiger charge is 2.34. The minimum absolute atomic E-state index is 0.0237. The normalized spacial score (nSPS) is 17.9. The molecule has 1 rings (SSSR count). The van der Waals surface area contributed by atoms with Gasteiger partial charge < -0.3 is 9.47 Å². The average Bonchev–Trinajstić information content (AvgIpc) is 2.75. The molecule has 0 aromatic rings. The smallest absolute Gasteiger partial charge is 0.236 e. The van der Waals surface area contributed by atoms with Crippen LogP contribution in [0.25, 0.3) is 0 Å². The molecule has 17 heavy (non-hydrogen) atoms. The Bertz CT molecular complexity index is 282. The van der Waals surface area contributed by atoms with E-state index in [0.717, 1.165) is 18.6 Å². The van der Waals surface area contributed by atoms with Crippen LogP contribution < -0.4 is 0 Å². The van der Waals surface area contributed by atoms with Gasteiger partial charge in [-0.15, -0.1) is 0 Å². The number of nitrogens with zero attached hydrogens (tertiary/aromatic N) is 1. The van der Waals surface area contributed by atoms with E-state index in [9.17, 15) is 4.79 Å². The topological polar surface area (TPSA) is 38.8 Å². The van der Waals surface area contributed by atoms with Crippen molar-refractivity contribution in [2.75, 3.05) is 26.5 Å². The van der Waals surface area contributed by atoms with Gasteiger partial charge in [-0.2, -0.15) is 0 Å². The highest BCUT2D eigenvalue weighted by Crippen LogP contribution is 2.24. The van der Waals surface area contributed by atoms with Gasteiger partial charge in [0.15, 0.2) is 6.29 Å². The quantitative estimate of drug-likeness (QED) is 0.547. The lowest BCUT2D eigenvalue weighted by Crippen LogP contribution is -2.42. The van der Waals surface area contributed by atoms with E-state index in [-0.39, 0.29) is 11.8 Å². The van der Waals surface area contributed by atoms with Crippen LogP contribution in [0, 0.1) is 5.92 Å². The van der Waals surface area contributed by atoms with E-state index >= 15 is 0 Å². The lowest BCUT2D eigenvalue weighted by Gasteiger charge is -2.27. The van der Waals surface area contributed by atoms with Crippen LogP contribution in [-0.2, 0) is 14.3 Å². The number of hydrogen-bond acceptors (Lipinski definition) is 5. The third kappa shape index (κ3) is 3.64. The second-order valence-electron chi connectivity index (χ2n) is 3.84. The Kier molecular flexibility index (Phi) is 6.40. The molecular formula is C11H19NO3S2. The first kappa shape index (κ1) is 14.9. The third-order valence-corrected chi connectivity index (χ3v) is 4.16. The van der Waals surface area contributed by atoms with Gasteiger partial charge in [0.2, 0.25) is 5.91 Å². The molecule has 0 saturated carbocycles. The Morgan fingerprint density at radius 3 is 2.59 bits per heavy atom. The molecule has 1 amide bonds. The summed E-state index contributed by atoms with van der Waals surface area (Å²) in [7, 11) is 3.11. The molecule has 0 unspecified atom stereocenters. The van der Waals surface area contributed by atoms with Gasteiger partial charge >= 0.3 is 0 Å². The Morgan fingerprint density at radius 1 is 1.53 bits per heavy atom. The van der Waals surface area contributed by atoms with Crippen LogP contribution in [0.3, 0.4) is 0 Å². The van der Waals surface area contributed by atoms with Crippen molar-refractivity contribution < 1.29 is 14.3 Å². The first-order chi connectivity index (χ1) is 8.15. The number of rotatable bonds is 6. The van der Waals surface area contributed by atoms with Gasteiger partial charge in [-0.05, 0) is 6.42 Å². The van der Waals surface area contributed by atoms with Crippen LogP contribution in [0.1, 0.15) is 19.8 Å². The number of thioether (sulfide) groups is 1. The van der Waals surface area contributed by atoms with Gasteiger partial charge in [0.1, 0.15) is 4.32 Å². The summed E-state index contributed by atoms with van der Waals surface area (Å²) >= 11 is 6.72. The monoisotopic (exact) mass is 277 g/mol. The molecule has 98 valence electrons. The highest BCUT2D eigenvalue weighted by atomic mass is 32.2. The Labute approximate surface area is 112 Å². The standard InChI is InChI=1S/C11H19NO3S2/c1-4-5-8(10(14-2)15-3)9(13)12-6-7-17-11(12)16/h8,10H,4-7H2,1-3H3/t8-/m0/s1. The van der Waals surface area contributed by atoms with Crippen LogP contribution in [0.15, 0.2) is 0 Å². The molecule has 0 N–H and O–H groups in total. The summed E-state index contributed by atoms with van der Waals surface area (Å²) in [6.45, 7) is 2.74. The van der Waals surface area contributed by atoms with Crippen molar-refractivity contribution in [1.29, 1.82) is 0 Å². The van der Waals surface area contributed by atoms with Crippen molar-refractivity contribution in [3.8, 4) is 0 Å². The van der Waals surface area contributed by atoms with Crippen molar-refractivity contribution in [3.05, 3.63) is 0 Å². The fourth-order valence-corrected chi connectivity index (χ4v) is 3.12. The van der Waals surface area contributed by atoms with Crippen LogP contribution in [0.5, 0.6) is 0 Å². The van der Waals surface area contributed by atoms with E-state index in [2.05, 4.69) is 0 Å². The average molecular weight is 277 g/mol.